The van der Waals surface area contributed by atoms with Crippen molar-refractivity contribution in [3.63, 3.8) is 0 Å². The SMILES string of the molecule is COC(CNc1ccc(C#N)c(C(F)(F)F)c1)CC(=O)O. The zero-order chi connectivity index (χ0) is 16.0. The highest BCUT2D eigenvalue weighted by molar-refractivity contribution is 5.67. The van der Waals surface area contributed by atoms with Gasteiger partial charge >= 0.3 is 12.1 Å². The number of carboxylic acid groups (broad SMARTS) is 1. The van der Waals surface area contributed by atoms with Crippen LogP contribution in [-0.2, 0) is 15.7 Å². The molecule has 0 fully saturated rings. The minimum absolute atomic E-state index is 0.0337. The van der Waals surface area contributed by atoms with Crippen molar-refractivity contribution in [3.05, 3.63) is 29.3 Å². The quantitative estimate of drug-likeness (QED) is 0.843. The van der Waals surface area contributed by atoms with Crippen LogP contribution < -0.4 is 5.32 Å². The molecular formula is C13H13F3N2O3. The van der Waals surface area contributed by atoms with Crippen LogP contribution in [0.25, 0.3) is 0 Å². The molecule has 0 aliphatic carbocycles. The number of hydrogen-bond acceptors (Lipinski definition) is 4. The van der Waals surface area contributed by atoms with E-state index in [0.29, 0.717) is 0 Å². The number of methoxy groups -OCH3 is 1. The molecule has 2 N–H and O–H groups in total. The number of halogens is 3. The van der Waals surface area contributed by atoms with Gasteiger partial charge in [0, 0.05) is 19.3 Å². The summed E-state index contributed by atoms with van der Waals surface area (Å²) >= 11 is 0. The van der Waals surface area contributed by atoms with Gasteiger partial charge in [0.2, 0.25) is 0 Å². The maximum atomic E-state index is 12.8. The second-order valence-corrected chi connectivity index (χ2v) is 4.21. The summed E-state index contributed by atoms with van der Waals surface area (Å²) in [5.74, 6) is -1.07. The first-order chi connectivity index (χ1) is 9.77. The highest BCUT2D eigenvalue weighted by atomic mass is 19.4. The van der Waals surface area contributed by atoms with E-state index >= 15 is 0 Å². The maximum absolute atomic E-state index is 12.8. The summed E-state index contributed by atoms with van der Waals surface area (Å²) in [5.41, 5.74) is -1.38. The van der Waals surface area contributed by atoms with E-state index in [-0.39, 0.29) is 18.7 Å². The lowest BCUT2D eigenvalue weighted by atomic mass is 10.1. The number of nitriles is 1. The molecule has 5 nitrogen and oxygen atoms in total. The highest BCUT2D eigenvalue weighted by Gasteiger charge is 2.33. The first-order valence-corrected chi connectivity index (χ1v) is 5.87. The van der Waals surface area contributed by atoms with Crippen molar-refractivity contribution >= 4 is 11.7 Å². The van der Waals surface area contributed by atoms with Crippen molar-refractivity contribution in [2.24, 2.45) is 0 Å². The Morgan fingerprint density at radius 2 is 2.19 bits per heavy atom. The number of rotatable bonds is 6. The molecule has 1 rings (SSSR count). The molecule has 0 bridgehead atoms. The monoisotopic (exact) mass is 302 g/mol. The molecule has 0 aliphatic rings. The van der Waals surface area contributed by atoms with E-state index in [4.69, 9.17) is 15.1 Å². The van der Waals surface area contributed by atoms with Gasteiger partial charge in [0.15, 0.2) is 0 Å². The van der Waals surface area contributed by atoms with E-state index in [1.807, 2.05) is 0 Å². The van der Waals surface area contributed by atoms with Crippen LogP contribution in [-0.4, -0.2) is 30.8 Å². The Kier molecular flexibility index (Phi) is 5.55. The molecule has 0 aromatic heterocycles. The first kappa shape index (κ1) is 16.8. The molecule has 114 valence electrons. The second kappa shape index (κ2) is 6.95. The number of anilines is 1. The van der Waals surface area contributed by atoms with E-state index in [1.165, 1.54) is 19.2 Å². The van der Waals surface area contributed by atoms with E-state index in [9.17, 15) is 18.0 Å². The summed E-state index contributed by atoms with van der Waals surface area (Å²) in [5, 5.41) is 20.0. The Bertz CT molecular complexity index is 553. The summed E-state index contributed by atoms with van der Waals surface area (Å²) in [7, 11) is 1.31. The highest BCUT2D eigenvalue weighted by Crippen LogP contribution is 2.33. The summed E-state index contributed by atoms with van der Waals surface area (Å²) in [6.45, 7) is 0.0337. The molecule has 0 radical (unpaired) electrons. The Hall–Kier alpha value is -2.27. The lowest BCUT2D eigenvalue weighted by Gasteiger charge is -2.16. The van der Waals surface area contributed by atoms with Crippen molar-refractivity contribution in [2.45, 2.75) is 18.7 Å². The van der Waals surface area contributed by atoms with E-state index in [0.717, 1.165) is 12.1 Å². The topological polar surface area (TPSA) is 82.3 Å². The summed E-state index contributed by atoms with van der Waals surface area (Å²) in [6, 6.07) is 4.67. The molecule has 1 atom stereocenters. The van der Waals surface area contributed by atoms with Crippen molar-refractivity contribution in [2.75, 3.05) is 19.0 Å². The number of hydrogen-bond donors (Lipinski definition) is 2. The third-order valence-corrected chi connectivity index (χ3v) is 2.71. The number of carbonyl (C=O) groups is 1. The summed E-state index contributed by atoms with van der Waals surface area (Å²) in [4.78, 5) is 10.6. The number of nitrogens with zero attached hydrogens (tertiary/aromatic N) is 1. The standard InChI is InChI=1S/C13H13F3N2O3/c1-21-10(5-12(19)20)7-18-9-3-2-8(6-17)11(4-9)13(14,15)16/h2-4,10,18H,5,7H2,1H3,(H,19,20). The largest absolute Gasteiger partial charge is 0.481 e. The van der Waals surface area contributed by atoms with E-state index in [1.54, 1.807) is 0 Å². The van der Waals surface area contributed by atoms with E-state index < -0.39 is 29.4 Å². The molecule has 21 heavy (non-hydrogen) atoms. The average molecular weight is 302 g/mol. The van der Waals surface area contributed by atoms with Gasteiger partial charge < -0.3 is 15.2 Å². The molecule has 0 aliphatic heterocycles. The molecule has 1 aromatic carbocycles. The maximum Gasteiger partial charge on any atom is 0.417 e. The minimum Gasteiger partial charge on any atom is -0.481 e. The van der Waals surface area contributed by atoms with Crippen molar-refractivity contribution in [1.82, 2.24) is 0 Å². The molecule has 0 saturated carbocycles. The minimum atomic E-state index is -4.63. The van der Waals surface area contributed by atoms with Crippen LogP contribution in [0.2, 0.25) is 0 Å². The molecular weight excluding hydrogens is 289 g/mol. The Morgan fingerprint density at radius 1 is 1.52 bits per heavy atom. The Labute approximate surface area is 118 Å². The number of aliphatic carboxylic acids is 1. The van der Waals surface area contributed by atoms with Crippen LogP contribution in [0.3, 0.4) is 0 Å². The van der Waals surface area contributed by atoms with E-state index in [2.05, 4.69) is 5.32 Å². The number of alkyl halides is 3. The van der Waals surface area contributed by atoms with Gasteiger partial charge in [-0.1, -0.05) is 0 Å². The van der Waals surface area contributed by atoms with Crippen molar-refractivity contribution in [3.8, 4) is 6.07 Å². The Balaban J connectivity index is 2.86. The predicted octanol–water partition coefficient (Wildman–Crippen LogP) is 2.48. The zero-order valence-electron chi connectivity index (χ0n) is 11.1. The molecule has 1 aromatic rings. The fourth-order valence-corrected chi connectivity index (χ4v) is 1.65. The van der Waals surface area contributed by atoms with Gasteiger partial charge in [-0.3, -0.25) is 4.79 Å². The van der Waals surface area contributed by atoms with Gasteiger partial charge in [-0.25, -0.2) is 0 Å². The van der Waals surface area contributed by atoms with Crippen LogP contribution >= 0.6 is 0 Å². The predicted molar refractivity (Wildman–Crippen MR) is 67.7 cm³/mol. The lowest BCUT2D eigenvalue weighted by molar-refractivity contribution is -0.139. The summed E-state index contributed by atoms with van der Waals surface area (Å²) in [6.07, 6.45) is -5.58. The second-order valence-electron chi connectivity index (χ2n) is 4.21. The van der Waals surface area contributed by atoms with Crippen LogP contribution in [0.5, 0.6) is 0 Å². The first-order valence-electron chi connectivity index (χ1n) is 5.87. The third kappa shape index (κ3) is 4.96. The van der Waals surface area contributed by atoms with Crippen LogP contribution in [0.1, 0.15) is 17.5 Å². The van der Waals surface area contributed by atoms with Gasteiger partial charge in [-0.05, 0) is 18.2 Å². The zero-order valence-corrected chi connectivity index (χ0v) is 11.1. The van der Waals surface area contributed by atoms with Crippen molar-refractivity contribution in [1.29, 1.82) is 5.26 Å². The van der Waals surface area contributed by atoms with Gasteiger partial charge in [-0.2, -0.15) is 18.4 Å². The van der Waals surface area contributed by atoms with Gasteiger partial charge in [-0.15, -0.1) is 0 Å². The van der Waals surface area contributed by atoms with Crippen molar-refractivity contribution < 1.29 is 27.8 Å². The lowest BCUT2D eigenvalue weighted by Crippen LogP contribution is -2.25. The van der Waals surface area contributed by atoms with Crippen LogP contribution in [0.15, 0.2) is 18.2 Å². The third-order valence-electron chi connectivity index (χ3n) is 2.71. The normalized spacial score (nSPS) is 12.5. The van der Waals surface area contributed by atoms with Crippen LogP contribution in [0.4, 0.5) is 18.9 Å². The van der Waals surface area contributed by atoms with Gasteiger partial charge in [0.1, 0.15) is 0 Å². The fourth-order valence-electron chi connectivity index (χ4n) is 1.65. The summed E-state index contributed by atoms with van der Waals surface area (Å²) < 4.78 is 43.2. The molecule has 0 heterocycles. The molecule has 0 saturated heterocycles. The van der Waals surface area contributed by atoms with Gasteiger partial charge in [0.05, 0.1) is 29.7 Å². The fraction of sp³-hybridized carbons (Fsp3) is 0.385. The Morgan fingerprint density at radius 3 is 2.67 bits per heavy atom. The average Bonchev–Trinajstić information content (AvgIpc) is 2.41. The number of nitrogens with one attached hydrogen (secondary N) is 1. The molecule has 8 heteroatoms. The van der Waals surface area contributed by atoms with Crippen LogP contribution in [0, 0.1) is 11.3 Å². The number of carboxylic acids is 1. The number of ether oxygens (including phenoxy) is 1. The number of benzene rings is 1. The molecule has 1 unspecified atom stereocenters. The molecule has 0 spiro atoms. The van der Waals surface area contributed by atoms with Gasteiger partial charge in [0.25, 0.3) is 0 Å². The smallest absolute Gasteiger partial charge is 0.417 e. The molecule has 0 amide bonds.